The van der Waals surface area contributed by atoms with Gasteiger partial charge in [-0.05, 0) is 30.3 Å². The number of sulfonamides is 1. The van der Waals surface area contributed by atoms with Crippen LogP contribution in [0.2, 0.25) is 0 Å². The van der Waals surface area contributed by atoms with E-state index >= 15 is 0 Å². The molecule has 4 aromatic rings. The fourth-order valence-electron chi connectivity index (χ4n) is 4.19. The van der Waals surface area contributed by atoms with Crippen LogP contribution in [0.3, 0.4) is 0 Å². The van der Waals surface area contributed by atoms with Gasteiger partial charge in [0.2, 0.25) is 10.0 Å². The molecule has 10 heteroatoms. The minimum Gasteiger partial charge on any atom is -0.461 e. The Labute approximate surface area is 204 Å². The number of hydrogen-bond donors (Lipinski definition) is 0. The first-order valence-electron chi connectivity index (χ1n) is 11.4. The third-order valence-corrected chi connectivity index (χ3v) is 8.15. The van der Waals surface area contributed by atoms with Crippen LogP contribution in [-0.2, 0) is 39.6 Å². The fraction of sp³-hybridized carbons (Fsp3) is 0.320. The zero-order valence-electron chi connectivity index (χ0n) is 19.9. The van der Waals surface area contributed by atoms with E-state index in [2.05, 4.69) is 11.1 Å². The molecule has 0 aliphatic carbocycles. The number of aromatic nitrogens is 3. The molecule has 9 nitrogen and oxygen atoms in total. The van der Waals surface area contributed by atoms with Gasteiger partial charge in [-0.2, -0.15) is 9.57 Å². The Bertz CT molecular complexity index is 1540. The second kappa shape index (κ2) is 9.90. The highest BCUT2D eigenvalue weighted by Gasteiger charge is 2.23. The highest BCUT2D eigenvalue weighted by molar-refractivity contribution is 7.89. The lowest BCUT2D eigenvalue weighted by Gasteiger charge is -2.18. The van der Waals surface area contributed by atoms with Crippen molar-refractivity contribution >= 4 is 32.5 Å². The van der Waals surface area contributed by atoms with Gasteiger partial charge in [0.15, 0.2) is 0 Å². The summed E-state index contributed by atoms with van der Waals surface area (Å²) >= 11 is 0. The number of hydrogen-bond acceptors (Lipinski definition) is 6. The molecule has 0 radical (unpaired) electrons. The quantitative estimate of drug-likeness (QED) is 0.331. The number of aryl methyl sites for hydroxylation is 2. The zero-order valence-corrected chi connectivity index (χ0v) is 20.7. The largest absolute Gasteiger partial charge is 0.461 e. The monoisotopic (exact) mass is 493 g/mol. The Morgan fingerprint density at radius 1 is 1.17 bits per heavy atom. The number of nitrogens with zero attached hydrogens (tertiary/aromatic N) is 5. The van der Waals surface area contributed by atoms with Crippen LogP contribution < -0.4 is 0 Å². The number of nitriles is 1. The number of fused-ring (bicyclic) bond motifs is 2. The molecule has 4 rings (SSSR count). The molecule has 0 saturated carbocycles. The minimum atomic E-state index is -3.59. The molecule has 0 spiro atoms. The first-order valence-corrected chi connectivity index (χ1v) is 12.8. The predicted octanol–water partition coefficient (Wildman–Crippen LogP) is 3.40. The van der Waals surface area contributed by atoms with Gasteiger partial charge in [-0.1, -0.05) is 19.9 Å². The van der Waals surface area contributed by atoms with Crippen LogP contribution in [0.1, 0.15) is 37.2 Å². The SMILES string of the molecule is CCN(CC)S(=O)(=O)c1ccc2c(c1)nc(CCC(=O)OCc1cn3ccccc3c1C#N)n2C. The summed E-state index contributed by atoms with van der Waals surface area (Å²) in [6.07, 6.45) is 4.07. The lowest BCUT2D eigenvalue weighted by atomic mass is 10.2. The molecular weight excluding hydrogens is 466 g/mol. The summed E-state index contributed by atoms with van der Waals surface area (Å²) < 4.78 is 36.2. The lowest BCUT2D eigenvalue weighted by molar-refractivity contribution is -0.144. The van der Waals surface area contributed by atoms with Crippen molar-refractivity contribution in [3.8, 4) is 6.07 Å². The summed E-state index contributed by atoms with van der Waals surface area (Å²) in [5.41, 5.74) is 3.25. The normalized spacial score (nSPS) is 11.9. The maximum absolute atomic E-state index is 12.8. The molecule has 0 bridgehead atoms. The molecule has 0 aliphatic rings. The van der Waals surface area contributed by atoms with Crippen LogP contribution in [-0.4, -0.2) is 45.7 Å². The van der Waals surface area contributed by atoms with E-state index in [0.717, 1.165) is 11.0 Å². The number of esters is 1. The predicted molar refractivity (Wildman–Crippen MR) is 131 cm³/mol. The third kappa shape index (κ3) is 4.65. The molecule has 0 N–H and O–H groups in total. The Hall–Kier alpha value is -3.68. The van der Waals surface area contributed by atoms with E-state index in [1.807, 2.05) is 40.4 Å². The third-order valence-electron chi connectivity index (χ3n) is 6.10. The smallest absolute Gasteiger partial charge is 0.306 e. The molecule has 3 heterocycles. The minimum absolute atomic E-state index is 0.0124. The highest BCUT2D eigenvalue weighted by atomic mass is 32.2. The molecule has 3 aromatic heterocycles. The second-order valence-electron chi connectivity index (χ2n) is 8.12. The highest BCUT2D eigenvalue weighted by Crippen LogP contribution is 2.23. The van der Waals surface area contributed by atoms with Gasteiger partial charge in [-0.3, -0.25) is 4.79 Å². The molecular formula is C25H27N5O4S. The van der Waals surface area contributed by atoms with E-state index < -0.39 is 16.0 Å². The molecule has 0 saturated heterocycles. The van der Waals surface area contributed by atoms with E-state index in [4.69, 9.17) is 4.74 Å². The summed E-state index contributed by atoms with van der Waals surface area (Å²) in [4.78, 5) is 17.2. The number of rotatable bonds is 9. The Morgan fingerprint density at radius 3 is 2.66 bits per heavy atom. The number of ether oxygens (including phenoxy) is 1. The first kappa shape index (κ1) is 24.4. The van der Waals surface area contributed by atoms with Crippen molar-refractivity contribution in [3.63, 3.8) is 0 Å². The summed E-state index contributed by atoms with van der Waals surface area (Å²) in [5, 5.41) is 9.50. The van der Waals surface area contributed by atoms with E-state index in [-0.39, 0.29) is 17.9 Å². The van der Waals surface area contributed by atoms with Crippen molar-refractivity contribution in [1.29, 1.82) is 5.26 Å². The molecule has 35 heavy (non-hydrogen) atoms. The van der Waals surface area contributed by atoms with Gasteiger partial charge in [0.25, 0.3) is 0 Å². The van der Waals surface area contributed by atoms with Crippen molar-refractivity contribution in [2.75, 3.05) is 13.1 Å². The maximum Gasteiger partial charge on any atom is 0.306 e. The first-order chi connectivity index (χ1) is 16.8. The van der Waals surface area contributed by atoms with Gasteiger partial charge in [0.1, 0.15) is 18.5 Å². The number of benzene rings is 1. The second-order valence-corrected chi connectivity index (χ2v) is 10.1. The van der Waals surface area contributed by atoms with Crippen LogP contribution in [0, 0.1) is 11.3 Å². The Balaban J connectivity index is 1.45. The summed E-state index contributed by atoms with van der Waals surface area (Å²) in [7, 11) is -1.75. The van der Waals surface area contributed by atoms with Crippen LogP contribution in [0.5, 0.6) is 0 Å². The number of imidazole rings is 1. The number of carbonyl (C=O) groups excluding carboxylic acids is 1. The molecule has 0 atom stereocenters. The van der Waals surface area contributed by atoms with E-state index in [1.54, 1.807) is 38.2 Å². The summed E-state index contributed by atoms with van der Waals surface area (Å²) in [6, 6.07) is 12.6. The van der Waals surface area contributed by atoms with Gasteiger partial charge in [0, 0.05) is 44.5 Å². The maximum atomic E-state index is 12.8. The summed E-state index contributed by atoms with van der Waals surface area (Å²) in [6.45, 7) is 4.40. The molecule has 182 valence electrons. The molecule has 0 unspecified atom stereocenters. The molecule has 0 fully saturated rings. The molecule has 0 amide bonds. The van der Waals surface area contributed by atoms with Crippen molar-refractivity contribution in [3.05, 3.63) is 65.7 Å². The Morgan fingerprint density at radius 2 is 1.94 bits per heavy atom. The van der Waals surface area contributed by atoms with E-state index in [9.17, 15) is 18.5 Å². The lowest BCUT2D eigenvalue weighted by Crippen LogP contribution is -2.30. The van der Waals surface area contributed by atoms with E-state index in [0.29, 0.717) is 42.0 Å². The van der Waals surface area contributed by atoms with E-state index in [1.165, 1.54) is 4.31 Å². The van der Waals surface area contributed by atoms with Gasteiger partial charge in [-0.25, -0.2) is 13.4 Å². The molecule has 1 aromatic carbocycles. The van der Waals surface area contributed by atoms with Crippen LogP contribution in [0.4, 0.5) is 0 Å². The number of pyridine rings is 1. The fourth-order valence-corrected chi connectivity index (χ4v) is 5.66. The van der Waals surface area contributed by atoms with Crippen molar-refractivity contribution < 1.29 is 17.9 Å². The average molecular weight is 494 g/mol. The van der Waals surface area contributed by atoms with Gasteiger partial charge in [-0.15, -0.1) is 0 Å². The van der Waals surface area contributed by atoms with Gasteiger partial charge in [0.05, 0.1) is 33.4 Å². The summed E-state index contributed by atoms with van der Waals surface area (Å²) in [5.74, 6) is 0.252. The Kier molecular flexibility index (Phi) is 6.91. The topological polar surface area (TPSA) is 110 Å². The van der Waals surface area contributed by atoms with Gasteiger partial charge < -0.3 is 13.7 Å². The standard InChI is InChI=1S/C25H27N5O4S/c1-4-30(5-2)35(32,33)19-9-10-23-21(14-19)27-24(28(23)3)11-12-25(31)34-17-18-16-29-13-7-6-8-22(29)20(18)15-26/h6-10,13-14,16H,4-5,11-12,17H2,1-3H3. The van der Waals surface area contributed by atoms with Crippen LogP contribution in [0.25, 0.3) is 16.6 Å². The van der Waals surface area contributed by atoms with Crippen molar-refractivity contribution in [2.45, 2.75) is 38.2 Å². The zero-order chi connectivity index (χ0) is 25.2. The van der Waals surface area contributed by atoms with Crippen molar-refractivity contribution in [2.24, 2.45) is 7.05 Å². The molecule has 0 aliphatic heterocycles. The van der Waals surface area contributed by atoms with Gasteiger partial charge >= 0.3 is 5.97 Å². The van der Waals surface area contributed by atoms with Crippen molar-refractivity contribution in [1.82, 2.24) is 18.3 Å². The van der Waals surface area contributed by atoms with Crippen LogP contribution in [0.15, 0.2) is 53.7 Å². The van der Waals surface area contributed by atoms with Crippen LogP contribution >= 0.6 is 0 Å². The number of carbonyl (C=O) groups is 1. The average Bonchev–Trinajstić information content (AvgIpc) is 3.38.